The van der Waals surface area contributed by atoms with Gasteiger partial charge in [-0.2, -0.15) is 5.10 Å². The molecule has 0 saturated carbocycles. The molecule has 4 aromatic rings. The quantitative estimate of drug-likeness (QED) is 0.521. The van der Waals surface area contributed by atoms with Crippen molar-refractivity contribution in [2.75, 3.05) is 0 Å². The van der Waals surface area contributed by atoms with Gasteiger partial charge in [-0.3, -0.25) is 0 Å². The topological polar surface area (TPSA) is 30.2 Å². The van der Waals surface area contributed by atoms with Gasteiger partial charge in [0.2, 0.25) is 0 Å². The largest absolute Gasteiger partial charge is 0.233 e. The van der Waals surface area contributed by atoms with Crippen molar-refractivity contribution in [2.24, 2.45) is 0 Å². The van der Waals surface area contributed by atoms with Crippen molar-refractivity contribution in [1.82, 2.24) is 14.6 Å². The van der Waals surface area contributed by atoms with E-state index in [-0.39, 0.29) is 0 Å². The molecule has 3 nitrogen and oxygen atoms in total. The number of aromatic nitrogens is 3. The molecule has 21 heavy (non-hydrogen) atoms. The fourth-order valence-corrected chi connectivity index (χ4v) is 2.83. The maximum absolute atomic E-state index is 4.65. The number of aryl methyl sites for hydroxylation is 2. The number of rotatable bonds is 1. The van der Waals surface area contributed by atoms with Gasteiger partial charge < -0.3 is 0 Å². The lowest BCUT2D eigenvalue weighted by atomic mass is 10.0. The van der Waals surface area contributed by atoms with Crippen LogP contribution in [-0.4, -0.2) is 14.6 Å². The molecule has 2 heterocycles. The SMILES string of the molecule is Cc1cc(C)n2ncc(-c3ccc4ccccc4c3)c2n1. The van der Waals surface area contributed by atoms with Crippen LogP contribution in [0.3, 0.4) is 0 Å². The average Bonchev–Trinajstić information content (AvgIpc) is 2.91. The zero-order chi connectivity index (χ0) is 14.4. The highest BCUT2D eigenvalue weighted by molar-refractivity contribution is 5.89. The molecule has 0 amide bonds. The van der Waals surface area contributed by atoms with Crippen LogP contribution in [0.4, 0.5) is 0 Å². The van der Waals surface area contributed by atoms with Gasteiger partial charge in [0.1, 0.15) is 0 Å². The summed E-state index contributed by atoms with van der Waals surface area (Å²) in [6, 6.07) is 16.9. The number of hydrogen-bond donors (Lipinski definition) is 0. The Hall–Kier alpha value is -2.68. The van der Waals surface area contributed by atoms with Gasteiger partial charge in [-0.25, -0.2) is 9.50 Å². The van der Waals surface area contributed by atoms with E-state index in [0.717, 1.165) is 28.2 Å². The van der Waals surface area contributed by atoms with Crippen LogP contribution in [0.5, 0.6) is 0 Å². The molecule has 102 valence electrons. The molecule has 0 saturated heterocycles. The number of benzene rings is 2. The van der Waals surface area contributed by atoms with Gasteiger partial charge in [0.25, 0.3) is 0 Å². The zero-order valence-electron chi connectivity index (χ0n) is 12.0. The first-order valence-electron chi connectivity index (χ1n) is 7.03. The van der Waals surface area contributed by atoms with Crippen LogP contribution in [0.25, 0.3) is 27.5 Å². The highest BCUT2D eigenvalue weighted by Crippen LogP contribution is 2.27. The second-order valence-electron chi connectivity index (χ2n) is 5.39. The summed E-state index contributed by atoms with van der Waals surface area (Å²) in [5.74, 6) is 0. The van der Waals surface area contributed by atoms with Crippen molar-refractivity contribution in [1.29, 1.82) is 0 Å². The summed E-state index contributed by atoms with van der Waals surface area (Å²) in [5, 5.41) is 6.95. The lowest BCUT2D eigenvalue weighted by molar-refractivity contribution is 0.886. The first kappa shape index (κ1) is 12.1. The van der Waals surface area contributed by atoms with Gasteiger partial charge >= 0.3 is 0 Å². The molecule has 0 fully saturated rings. The fourth-order valence-electron chi connectivity index (χ4n) is 2.83. The molecule has 0 aliphatic rings. The van der Waals surface area contributed by atoms with E-state index in [0.29, 0.717) is 0 Å². The monoisotopic (exact) mass is 273 g/mol. The summed E-state index contributed by atoms with van der Waals surface area (Å²) in [6.45, 7) is 4.07. The predicted molar refractivity (Wildman–Crippen MR) is 85.4 cm³/mol. The van der Waals surface area contributed by atoms with Crippen LogP contribution >= 0.6 is 0 Å². The van der Waals surface area contributed by atoms with Crippen LogP contribution < -0.4 is 0 Å². The smallest absolute Gasteiger partial charge is 0.163 e. The number of fused-ring (bicyclic) bond motifs is 2. The third-order valence-corrected chi connectivity index (χ3v) is 3.84. The molecule has 2 aromatic heterocycles. The Kier molecular flexibility index (Phi) is 2.54. The van der Waals surface area contributed by atoms with Crippen molar-refractivity contribution in [3.8, 4) is 11.1 Å². The van der Waals surface area contributed by atoms with Gasteiger partial charge in [0.15, 0.2) is 5.65 Å². The molecule has 0 unspecified atom stereocenters. The van der Waals surface area contributed by atoms with Crippen LogP contribution in [0.1, 0.15) is 11.4 Å². The minimum atomic E-state index is 0.919. The van der Waals surface area contributed by atoms with Crippen LogP contribution in [0.15, 0.2) is 54.7 Å². The third kappa shape index (κ3) is 1.89. The van der Waals surface area contributed by atoms with Crippen molar-refractivity contribution in [3.63, 3.8) is 0 Å². The van der Waals surface area contributed by atoms with E-state index in [2.05, 4.69) is 59.5 Å². The highest BCUT2D eigenvalue weighted by Gasteiger charge is 2.10. The van der Waals surface area contributed by atoms with Crippen LogP contribution in [0.2, 0.25) is 0 Å². The average molecular weight is 273 g/mol. The summed E-state index contributed by atoms with van der Waals surface area (Å²) < 4.78 is 1.90. The zero-order valence-corrected chi connectivity index (χ0v) is 12.0. The molecule has 3 heteroatoms. The fraction of sp³-hybridized carbons (Fsp3) is 0.111. The van der Waals surface area contributed by atoms with E-state index >= 15 is 0 Å². The summed E-state index contributed by atoms with van der Waals surface area (Å²) in [5.41, 5.74) is 5.27. The first-order chi connectivity index (χ1) is 10.2. The Morgan fingerprint density at radius 2 is 1.71 bits per heavy atom. The van der Waals surface area contributed by atoms with E-state index in [9.17, 15) is 0 Å². The van der Waals surface area contributed by atoms with Crippen molar-refractivity contribution in [2.45, 2.75) is 13.8 Å². The molecule has 4 rings (SSSR count). The lowest BCUT2D eigenvalue weighted by Gasteiger charge is -2.04. The van der Waals surface area contributed by atoms with Crippen molar-refractivity contribution < 1.29 is 0 Å². The number of hydrogen-bond acceptors (Lipinski definition) is 2. The van der Waals surface area contributed by atoms with E-state index in [1.807, 2.05) is 23.7 Å². The van der Waals surface area contributed by atoms with Gasteiger partial charge in [-0.15, -0.1) is 0 Å². The van der Waals surface area contributed by atoms with Crippen LogP contribution in [-0.2, 0) is 0 Å². The van der Waals surface area contributed by atoms with Gasteiger partial charge in [0.05, 0.1) is 6.20 Å². The number of nitrogens with zero attached hydrogens (tertiary/aromatic N) is 3. The van der Waals surface area contributed by atoms with E-state index in [4.69, 9.17) is 0 Å². The summed E-state index contributed by atoms with van der Waals surface area (Å²) in [7, 11) is 0. The Bertz CT molecular complexity index is 967. The van der Waals surface area contributed by atoms with Gasteiger partial charge in [-0.05, 0) is 42.3 Å². The Balaban J connectivity index is 2.00. The second-order valence-corrected chi connectivity index (χ2v) is 5.39. The summed E-state index contributed by atoms with van der Waals surface area (Å²) >= 11 is 0. The molecule has 2 aromatic carbocycles. The minimum Gasteiger partial charge on any atom is -0.233 e. The van der Waals surface area contributed by atoms with E-state index < -0.39 is 0 Å². The maximum atomic E-state index is 4.65. The molecule has 0 aliphatic heterocycles. The first-order valence-corrected chi connectivity index (χ1v) is 7.03. The van der Waals surface area contributed by atoms with Gasteiger partial charge in [-0.1, -0.05) is 36.4 Å². The van der Waals surface area contributed by atoms with E-state index in [1.165, 1.54) is 10.8 Å². The standard InChI is InChI=1S/C18H15N3/c1-12-9-13(2)21-18(20-12)17(11-19-21)16-8-7-14-5-3-4-6-15(14)10-16/h3-11H,1-2H3. The predicted octanol–water partition coefficient (Wildman–Crippen LogP) is 4.17. The molecule has 0 N–H and O–H groups in total. The Labute approximate surface area is 122 Å². The highest BCUT2D eigenvalue weighted by atomic mass is 15.2. The minimum absolute atomic E-state index is 0.919. The molecule has 0 bridgehead atoms. The molecule has 0 spiro atoms. The van der Waals surface area contributed by atoms with Crippen molar-refractivity contribution in [3.05, 3.63) is 66.1 Å². The Morgan fingerprint density at radius 1 is 0.905 bits per heavy atom. The molecular formula is C18H15N3. The van der Waals surface area contributed by atoms with E-state index in [1.54, 1.807) is 0 Å². The lowest BCUT2D eigenvalue weighted by Crippen LogP contribution is -1.97. The molecule has 0 aliphatic carbocycles. The van der Waals surface area contributed by atoms with Crippen LogP contribution in [0, 0.1) is 13.8 Å². The normalized spacial score (nSPS) is 11.3. The van der Waals surface area contributed by atoms with Crippen molar-refractivity contribution >= 4 is 16.4 Å². The summed E-state index contributed by atoms with van der Waals surface area (Å²) in [4.78, 5) is 4.65. The van der Waals surface area contributed by atoms with Gasteiger partial charge in [0, 0.05) is 17.0 Å². The summed E-state index contributed by atoms with van der Waals surface area (Å²) in [6.07, 6.45) is 1.90. The molecular weight excluding hydrogens is 258 g/mol. The molecule has 0 atom stereocenters. The molecule has 0 radical (unpaired) electrons. The Morgan fingerprint density at radius 3 is 2.57 bits per heavy atom. The third-order valence-electron chi connectivity index (χ3n) is 3.84. The second kappa shape index (κ2) is 4.42. The maximum Gasteiger partial charge on any atom is 0.163 e.